The van der Waals surface area contributed by atoms with E-state index in [4.69, 9.17) is 0 Å². The molecule has 6 nitrogen and oxygen atoms in total. The SMILES string of the molecule is CCNC(=NCCCCCCC(=O)OC)NCCc1c[nH]c2ccc(F)cc12.I. The van der Waals surface area contributed by atoms with E-state index in [0.29, 0.717) is 13.0 Å². The molecule has 2 aromatic rings. The lowest BCUT2D eigenvalue weighted by Crippen LogP contribution is -2.38. The van der Waals surface area contributed by atoms with Crippen LogP contribution >= 0.6 is 24.0 Å². The monoisotopic (exact) mass is 518 g/mol. The number of rotatable bonds is 11. The molecule has 0 unspecified atom stereocenters. The number of fused-ring (bicyclic) bond motifs is 1. The Kier molecular flexibility index (Phi) is 12.3. The number of methoxy groups -OCH3 is 1. The number of nitrogens with one attached hydrogen (secondary N) is 3. The van der Waals surface area contributed by atoms with Crippen molar-refractivity contribution in [3.8, 4) is 0 Å². The lowest BCUT2D eigenvalue weighted by molar-refractivity contribution is -0.140. The molecule has 0 aliphatic carbocycles. The molecule has 0 spiro atoms. The molecule has 2 rings (SSSR count). The largest absolute Gasteiger partial charge is 0.469 e. The van der Waals surface area contributed by atoms with Crippen LogP contribution in [0, 0.1) is 5.82 Å². The molecule has 3 N–H and O–H groups in total. The maximum atomic E-state index is 13.5. The third kappa shape index (κ3) is 9.01. The molecule has 1 aromatic heterocycles. The molecule has 0 bridgehead atoms. The number of carbonyl (C=O) groups is 1. The number of ether oxygens (including phenoxy) is 1. The van der Waals surface area contributed by atoms with Gasteiger partial charge in [-0.05, 0) is 49.9 Å². The predicted octanol–water partition coefficient (Wildman–Crippen LogP) is 4.15. The second-order valence-corrected chi connectivity index (χ2v) is 6.68. The zero-order valence-electron chi connectivity index (χ0n) is 17.2. The maximum Gasteiger partial charge on any atom is 0.305 e. The molecule has 0 aliphatic heterocycles. The summed E-state index contributed by atoms with van der Waals surface area (Å²) in [5, 5.41) is 7.50. The van der Waals surface area contributed by atoms with E-state index in [-0.39, 0.29) is 35.8 Å². The van der Waals surface area contributed by atoms with Gasteiger partial charge in [0.05, 0.1) is 7.11 Å². The number of halogens is 2. The van der Waals surface area contributed by atoms with Crippen LogP contribution in [0.1, 0.15) is 44.6 Å². The fraction of sp³-hybridized carbons (Fsp3) is 0.524. The molecular formula is C21H32FIN4O2. The van der Waals surface area contributed by atoms with Gasteiger partial charge in [0.2, 0.25) is 0 Å². The number of aromatic nitrogens is 1. The number of unbranched alkanes of at least 4 members (excludes halogenated alkanes) is 3. The summed E-state index contributed by atoms with van der Waals surface area (Å²) in [5.74, 6) is 0.431. The van der Waals surface area contributed by atoms with E-state index in [1.807, 2.05) is 13.1 Å². The smallest absolute Gasteiger partial charge is 0.305 e. The number of aliphatic imine (C=N–C) groups is 1. The van der Waals surface area contributed by atoms with Gasteiger partial charge in [0.1, 0.15) is 5.82 Å². The Morgan fingerprint density at radius 2 is 2.00 bits per heavy atom. The average Bonchev–Trinajstić information content (AvgIpc) is 3.09. The zero-order valence-corrected chi connectivity index (χ0v) is 19.6. The van der Waals surface area contributed by atoms with Crippen molar-refractivity contribution in [2.75, 3.05) is 26.7 Å². The first-order valence-electron chi connectivity index (χ1n) is 9.98. The number of H-pyrrole nitrogens is 1. The van der Waals surface area contributed by atoms with Crippen molar-refractivity contribution < 1.29 is 13.9 Å². The summed E-state index contributed by atoms with van der Waals surface area (Å²) in [4.78, 5) is 18.8. The minimum absolute atomic E-state index is 0. The van der Waals surface area contributed by atoms with Crippen LogP contribution in [0.2, 0.25) is 0 Å². The Bertz CT molecular complexity index is 779. The summed E-state index contributed by atoms with van der Waals surface area (Å²) in [7, 11) is 1.42. The van der Waals surface area contributed by atoms with Crippen molar-refractivity contribution >= 4 is 46.8 Å². The first-order chi connectivity index (χ1) is 13.6. The van der Waals surface area contributed by atoms with Crippen LogP contribution in [0.3, 0.4) is 0 Å². The van der Waals surface area contributed by atoms with Gasteiger partial charge < -0.3 is 20.4 Å². The lowest BCUT2D eigenvalue weighted by atomic mass is 10.1. The Morgan fingerprint density at radius 3 is 2.76 bits per heavy atom. The molecule has 0 saturated carbocycles. The molecular weight excluding hydrogens is 486 g/mol. The van der Waals surface area contributed by atoms with Crippen molar-refractivity contribution in [1.29, 1.82) is 0 Å². The fourth-order valence-corrected chi connectivity index (χ4v) is 3.04. The van der Waals surface area contributed by atoms with Crippen LogP contribution in [0.4, 0.5) is 4.39 Å². The Labute approximate surface area is 189 Å². The Morgan fingerprint density at radius 1 is 1.21 bits per heavy atom. The number of hydrogen-bond donors (Lipinski definition) is 3. The van der Waals surface area contributed by atoms with E-state index in [1.54, 1.807) is 12.1 Å². The Hall–Kier alpha value is -1.84. The highest BCUT2D eigenvalue weighted by atomic mass is 127. The van der Waals surface area contributed by atoms with E-state index in [0.717, 1.165) is 67.6 Å². The van der Waals surface area contributed by atoms with Crippen LogP contribution < -0.4 is 10.6 Å². The van der Waals surface area contributed by atoms with Crippen molar-refractivity contribution in [3.05, 3.63) is 35.8 Å². The van der Waals surface area contributed by atoms with Crippen molar-refractivity contribution in [2.24, 2.45) is 4.99 Å². The quantitative estimate of drug-likeness (QED) is 0.137. The summed E-state index contributed by atoms with van der Waals surface area (Å²) < 4.78 is 18.1. The average molecular weight is 518 g/mol. The molecule has 0 atom stereocenters. The van der Waals surface area contributed by atoms with Crippen LogP contribution in [0.25, 0.3) is 10.9 Å². The number of hydrogen-bond acceptors (Lipinski definition) is 3. The number of nitrogens with zero attached hydrogens (tertiary/aromatic N) is 1. The maximum absolute atomic E-state index is 13.5. The lowest BCUT2D eigenvalue weighted by Gasteiger charge is -2.11. The van der Waals surface area contributed by atoms with Gasteiger partial charge in [-0.3, -0.25) is 9.79 Å². The van der Waals surface area contributed by atoms with E-state index >= 15 is 0 Å². The second kappa shape index (κ2) is 14.2. The summed E-state index contributed by atoms with van der Waals surface area (Å²) in [6.07, 6.45) is 7.10. The van der Waals surface area contributed by atoms with Gasteiger partial charge in [-0.1, -0.05) is 12.8 Å². The molecule has 1 aromatic carbocycles. The molecule has 162 valence electrons. The number of carbonyl (C=O) groups excluding carboxylic acids is 1. The van der Waals surface area contributed by atoms with Crippen LogP contribution in [0.5, 0.6) is 0 Å². The first-order valence-corrected chi connectivity index (χ1v) is 9.98. The van der Waals surface area contributed by atoms with Gasteiger partial charge >= 0.3 is 5.97 Å². The summed E-state index contributed by atoms with van der Waals surface area (Å²) in [6, 6.07) is 4.80. The van der Waals surface area contributed by atoms with Gasteiger partial charge in [0.15, 0.2) is 5.96 Å². The molecule has 0 aliphatic rings. The van der Waals surface area contributed by atoms with Crippen molar-refractivity contribution in [1.82, 2.24) is 15.6 Å². The normalized spacial score (nSPS) is 11.2. The number of guanidine groups is 1. The van der Waals surface area contributed by atoms with Gasteiger partial charge in [0, 0.05) is 43.2 Å². The van der Waals surface area contributed by atoms with Gasteiger partial charge in [-0.25, -0.2) is 4.39 Å². The zero-order chi connectivity index (χ0) is 20.2. The minimum Gasteiger partial charge on any atom is -0.469 e. The molecule has 0 fully saturated rings. The fourth-order valence-electron chi connectivity index (χ4n) is 3.04. The third-order valence-electron chi connectivity index (χ3n) is 4.55. The summed E-state index contributed by atoms with van der Waals surface area (Å²) in [6.45, 7) is 4.29. The van der Waals surface area contributed by atoms with Gasteiger partial charge in [-0.2, -0.15) is 0 Å². The highest BCUT2D eigenvalue weighted by Gasteiger charge is 2.05. The molecule has 0 amide bonds. The number of benzene rings is 1. The minimum atomic E-state index is -0.220. The second-order valence-electron chi connectivity index (χ2n) is 6.68. The predicted molar refractivity (Wildman–Crippen MR) is 126 cm³/mol. The molecule has 1 heterocycles. The summed E-state index contributed by atoms with van der Waals surface area (Å²) >= 11 is 0. The van der Waals surface area contributed by atoms with E-state index < -0.39 is 0 Å². The van der Waals surface area contributed by atoms with Gasteiger partial charge in [0.25, 0.3) is 0 Å². The molecule has 0 saturated heterocycles. The highest BCUT2D eigenvalue weighted by Crippen LogP contribution is 2.19. The molecule has 0 radical (unpaired) electrons. The molecule has 8 heteroatoms. The van der Waals surface area contributed by atoms with Crippen molar-refractivity contribution in [3.63, 3.8) is 0 Å². The Balaban J connectivity index is 0.00000420. The first kappa shape index (κ1) is 25.2. The van der Waals surface area contributed by atoms with Crippen LogP contribution in [0.15, 0.2) is 29.4 Å². The highest BCUT2D eigenvalue weighted by molar-refractivity contribution is 14.0. The number of esters is 1. The standard InChI is InChI=1S/C21H31FN4O2.HI/c1-3-23-21(24-12-7-5-4-6-8-20(27)28-2)25-13-11-16-15-26-19-10-9-17(22)14-18(16)19;/h9-10,14-15,26H,3-8,11-13H2,1-2H3,(H2,23,24,25);1H. The van der Waals surface area contributed by atoms with E-state index in [2.05, 4.69) is 25.3 Å². The third-order valence-corrected chi connectivity index (χ3v) is 4.55. The van der Waals surface area contributed by atoms with Crippen LogP contribution in [-0.2, 0) is 16.0 Å². The van der Waals surface area contributed by atoms with Crippen LogP contribution in [-0.4, -0.2) is 43.7 Å². The van der Waals surface area contributed by atoms with Gasteiger partial charge in [-0.15, -0.1) is 24.0 Å². The topological polar surface area (TPSA) is 78.5 Å². The molecule has 29 heavy (non-hydrogen) atoms. The van der Waals surface area contributed by atoms with Crippen molar-refractivity contribution in [2.45, 2.75) is 45.4 Å². The summed E-state index contributed by atoms with van der Waals surface area (Å²) in [5.41, 5.74) is 2.03. The van der Waals surface area contributed by atoms with E-state index in [9.17, 15) is 9.18 Å². The number of aromatic amines is 1. The van der Waals surface area contributed by atoms with E-state index in [1.165, 1.54) is 13.2 Å².